The molecule has 0 aromatic heterocycles. The normalized spacial score (nSPS) is 12.1. The maximum atomic E-state index is 12.8. The van der Waals surface area contributed by atoms with Crippen LogP contribution in [0.25, 0.3) is 0 Å². The van der Waals surface area contributed by atoms with E-state index in [1.54, 1.807) is 44.2 Å². The predicted molar refractivity (Wildman–Crippen MR) is 109 cm³/mol. The Kier molecular flexibility index (Phi) is 8.51. The molecular weight excluding hydrogens is 485 g/mol. The molecule has 0 aliphatic heterocycles. The van der Waals surface area contributed by atoms with E-state index in [-0.39, 0.29) is 5.56 Å². The van der Waals surface area contributed by atoms with Gasteiger partial charge in [0.25, 0.3) is 0 Å². The van der Waals surface area contributed by atoms with E-state index in [4.69, 9.17) is 9.47 Å². The molecule has 0 radical (unpaired) electrons. The molecule has 0 unspecified atom stereocenters. The van der Waals surface area contributed by atoms with Gasteiger partial charge in [-0.3, -0.25) is 0 Å². The van der Waals surface area contributed by atoms with Gasteiger partial charge in [-0.2, -0.15) is 0 Å². The Morgan fingerprint density at radius 2 is 1.59 bits per heavy atom. The van der Waals surface area contributed by atoms with Crippen LogP contribution in [0.3, 0.4) is 0 Å². The Morgan fingerprint density at radius 1 is 0.941 bits per heavy atom. The van der Waals surface area contributed by atoms with Crippen molar-refractivity contribution >= 4 is 22.1 Å². The summed E-state index contributed by atoms with van der Waals surface area (Å²) in [6.07, 6.45) is -5.03. The maximum Gasteiger partial charge on any atom is 0.573 e. The fourth-order valence-electron chi connectivity index (χ4n) is 2.60. The SMILES string of the molecule is CC(C)(Oc1cc(C(=O)OCC(=O)OCCS(=O)(=O)[O-])ccc1OC(F)(F)F)c1ccccc1. The maximum absolute atomic E-state index is 12.8. The van der Waals surface area contributed by atoms with E-state index in [2.05, 4.69) is 9.47 Å². The number of carbonyl (C=O) groups excluding carboxylic acids is 2. The molecule has 0 atom stereocenters. The summed E-state index contributed by atoms with van der Waals surface area (Å²) in [5, 5.41) is 0. The van der Waals surface area contributed by atoms with Crippen molar-refractivity contribution in [2.24, 2.45) is 0 Å². The number of hydrogen-bond donors (Lipinski definition) is 0. The van der Waals surface area contributed by atoms with E-state index in [1.807, 2.05) is 0 Å². The van der Waals surface area contributed by atoms with E-state index in [0.29, 0.717) is 5.56 Å². The van der Waals surface area contributed by atoms with Crippen molar-refractivity contribution in [3.05, 3.63) is 59.7 Å². The smallest absolute Gasteiger partial charge is 0.573 e. The van der Waals surface area contributed by atoms with Crippen LogP contribution >= 0.6 is 0 Å². The zero-order valence-corrected chi connectivity index (χ0v) is 18.8. The summed E-state index contributed by atoms with van der Waals surface area (Å²) in [5.74, 6) is -4.30. The van der Waals surface area contributed by atoms with Gasteiger partial charge >= 0.3 is 18.3 Å². The summed E-state index contributed by atoms with van der Waals surface area (Å²) in [4.78, 5) is 23.8. The van der Waals surface area contributed by atoms with Gasteiger partial charge in [0, 0.05) is 0 Å². The first-order valence-corrected chi connectivity index (χ1v) is 11.1. The molecule has 0 N–H and O–H groups in total. The van der Waals surface area contributed by atoms with Gasteiger partial charge in [-0.1, -0.05) is 30.3 Å². The predicted octanol–water partition coefficient (Wildman–Crippen LogP) is 3.14. The van der Waals surface area contributed by atoms with Gasteiger partial charge in [0.2, 0.25) is 0 Å². The third-order valence-corrected chi connectivity index (χ3v) is 4.82. The zero-order valence-electron chi connectivity index (χ0n) is 18.0. The molecule has 0 amide bonds. The lowest BCUT2D eigenvalue weighted by molar-refractivity contribution is -0.275. The summed E-state index contributed by atoms with van der Waals surface area (Å²) >= 11 is 0. The second kappa shape index (κ2) is 10.7. The van der Waals surface area contributed by atoms with Crippen LogP contribution in [0.1, 0.15) is 29.8 Å². The molecule has 186 valence electrons. The fourth-order valence-corrected chi connectivity index (χ4v) is 2.89. The van der Waals surface area contributed by atoms with Crippen molar-refractivity contribution in [1.82, 2.24) is 0 Å². The topological polar surface area (TPSA) is 128 Å². The molecule has 0 aliphatic rings. The van der Waals surface area contributed by atoms with E-state index in [9.17, 15) is 35.7 Å². The number of benzene rings is 2. The van der Waals surface area contributed by atoms with Crippen molar-refractivity contribution in [3.8, 4) is 11.5 Å². The third kappa shape index (κ3) is 8.90. The molecule has 34 heavy (non-hydrogen) atoms. The van der Waals surface area contributed by atoms with Crippen molar-refractivity contribution in [2.75, 3.05) is 19.0 Å². The van der Waals surface area contributed by atoms with Crippen molar-refractivity contribution in [3.63, 3.8) is 0 Å². The van der Waals surface area contributed by atoms with Crippen LogP contribution in [0, 0.1) is 0 Å². The Bertz CT molecular complexity index is 1110. The van der Waals surface area contributed by atoms with Crippen LogP contribution in [0.5, 0.6) is 11.5 Å². The largest absolute Gasteiger partial charge is 0.748 e. The van der Waals surface area contributed by atoms with Gasteiger partial charge in [0.15, 0.2) is 18.1 Å². The molecule has 0 aliphatic carbocycles. The molecule has 9 nitrogen and oxygen atoms in total. The van der Waals surface area contributed by atoms with Gasteiger partial charge in [-0.05, 0) is 37.6 Å². The van der Waals surface area contributed by atoms with Gasteiger partial charge in [0.05, 0.1) is 21.4 Å². The number of ether oxygens (including phenoxy) is 4. The first kappa shape index (κ1) is 26.9. The Balaban J connectivity index is 2.17. The highest BCUT2D eigenvalue weighted by molar-refractivity contribution is 7.85. The number of hydrogen-bond acceptors (Lipinski definition) is 9. The average molecular weight is 505 g/mol. The van der Waals surface area contributed by atoms with Crippen LogP contribution in [-0.2, 0) is 30.0 Å². The second-order valence-electron chi connectivity index (χ2n) is 7.25. The monoisotopic (exact) mass is 505 g/mol. The lowest BCUT2D eigenvalue weighted by atomic mass is 9.98. The minimum absolute atomic E-state index is 0.261. The Morgan fingerprint density at radius 3 is 2.18 bits per heavy atom. The van der Waals surface area contributed by atoms with Gasteiger partial charge < -0.3 is 23.5 Å². The van der Waals surface area contributed by atoms with Crippen molar-refractivity contribution in [1.29, 1.82) is 0 Å². The molecule has 0 saturated heterocycles. The van der Waals surface area contributed by atoms with E-state index in [1.165, 1.54) is 0 Å². The minimum Gasteiger partial charge on any atom is -0.748 e. The van der Waals surface area contributed by atoms with Crippen LogP contribution < -0.4 is 9.47 Å². The molecule has 2 aromatic carbocycles. The molecule has 2 aromatic rings. The minimum atomic E-state index is -5.03. The average Bonchev–Trinajstić information content (AvgIpc) is 2.72. The second-order valence-corrected chi connectivity index (χ2v) is 8.77. The number of esters is 2. The van der Waals surface area contributed by atoms with Crippen LogP contribution in [-0.4, -0.2) is 50.2 Å². The summed E-state index contributed by atoms with van der Waals surface area (Å²) in [7, 11) is -4.59. The molecule has 2 rings (SSSR count). The van der Waals surface area contributed by atoms with Crippen molar-refractivity contribution < 1.29 is 54.7 Å². The summed E-state index contributed by atoms with van der Waals surface area (Å²) < 4.78 is 88.9. The molecular formula is C21H20F3O9S-. The molecule has 0 fully saturated rings. The standard InChI is InChI=1S/C21H21F3O9S/c1-20(2,15-6-4-3-5-7-15)32-17-12-14(8-9-16(17)33-21(22,23)24)19(26)31-13-18(25)30-10-11-34(27,28)29/h3-9,12H,10-11,13H2,1-2H3,(H,27,28,29)/p-1. The lowest BCUT2D eigenvalue weighted by Crippen LogP contribution is -2.26. The van der Waals surface area contributed by atoms with Crippen LogP contribution in [0.4, 0.5) is 13.2 Å². The summed E-state index contributed by atoms with van der Waals surface area (Å²) in [6, 6.07) is 11.4. The summed E-state index contributed by atoms with van der Waals surface area (Å²) in [6.45, 7) is 1.55. The molecule has 0 heterocycles. The highest BCUT2D eigenvalue weighted by Crippen LogP contribution is 2.37. The Hall–Kier alpha value is -3.32. The Labute approximate surface area is 193 Å². The first-order valence-electron chi connectivity index (χ1n) is 9.57. The van der Waals surface area contributed by atoms with Crippen LogP contribution in [0.2, 0.25) is 0 Å². The van der Waals surface area contributed by atoms with E-state index < -0.39 is 64.5 Å². The van der Waals surface area contributed by atoms with Gasteiger partial charge in [0.1, 0.15) is 12.2 Å². The lowest BCUT2D eigenvalue weighted by Gasteiger charge is -2.28. The van der Waals surface area contributed by atoms with Crippen LogP contribution in [0.15, 0.2) is 48.5 Å². The van der Waals surface area contributed by atoms with Gasteiger partial charge in [-0.15, -0.1) is 13.2 Å². The number of halogens is 3. The molecule has 0 saturated carbocycles. The fraction of sp³-hybridized carbons (Fsp3) is 0.333. The number of carbonyl (C=O) groups is 2. The van der Waals surface area contributed by atoms with Gasteiger partial charge in [-0.25, -0.2) is 18.0 Å². The highest BCUT2D eigenvalue weighted by atomic mass is 32.2. The summed E-state index contributed by atoms with van der Waals surface area (Å²) in [5.41, 5.74) is -0.758. The first-order chi connectivity index (χ1) is 15.7. The third-order valence-electron chi connectivity index (χ3n) is 4.16. The molecule has 0 spiro atoms. The quantitative estimate of drug-likeness (QED) is 0.353. The van der Waals surface area contributed by atoms with E-state index in [0.717, 1.165) is 18.2 Å². The van der Waals surface area contributed by atoms with E-state index >= 15 is 0 Å². The molecule has 13 heteroatoms. The number of rotatable bonds is 10. The highest BCUT2D eigenvalue weighted by Gasteiger charge is 2.34. The van der Waals surface area contributed by atoms with Crippen molar-refractivity contribution in [2.45, 2.75) is 25.8 Å². The number of alkyl halides is 3. The zero-order chi connectivity index (χ0) is 25.6. The molecule has 0 bridgehead atoms.